The second-order valence-electron chi connectivity index (χ2n) is 9.03. The summed E-state index contributed by atoms with van der Waals surface area (Å²) in [5.74, 6) is 0.906. The normalized spacial score (nSPS) is 17.7. The van der Waals surface area contributed by atoms with Crippen molar-refractivity contribution in [3.05, 3.63) is 23.8 Å². The number of carbonyl (C=O) groups is 1. The van der Waals surface area contributed by atoms with Crippen LogP contribution in [0.25, 0.3) is 0 Å². The highest BCUT2D eigenvalue weighted by Gasteiger charge is 2.29. The van der Waals surface area contributed by atoms with E-state index in [0.29, 0.717) is 6.54 Å². The average Bonchev–Trinajstić information content (AvgIpc) is 2.71. The Kier molecular flexibility index (Phi) is 7.82. The third-order valence-corrected chi connectivity index (χ3v) is 5.94. The Morgan fingerprint density at radius 3 is 2.66 bits per heavy atom. The molecule has 1 saturated heterocycles. The van der Waals surface area contributed by atoms with E-state index in [0.717, 1.165) is 56.7 Å². The van der Waals surface area contributed by atoms with E-state index in [2.05, 4.69) is 17.9 Å². The summed E-state index contributed by atoms with van der Waals surface area (Å²) in [6.07, 6.45) is 8.65. The smallest absolute Gasteiger partial charge is 0.414 e. The van der Waals surface area contributed by atoms with Crippen LogP contribution in [0.2, 0.25) is 0 Å². The first-order valence-corrected chi connectivity index (χ1v) is 11.5. The summed E-state index contributed by atoms with van der Waals surface area (Å²) in [7, 11) is 0. The van der Waals surface area contributed by atoms with Gasteiger partial charge >= 0.3 is 6.09 Å². The number of ether oxygens (including phenoxy) is 2. The largest absolute Gasteiger partial charge is 0.494 e. The number of aryl methyl sites for hydroxylation is 1. The molecule has 2 aliphatic heterocycles. The highest BCUT2D eigenvalue weighted by molar-refractivity contribution is 5.89. The monoisotopic (exact) mass is 402 g/mol. The Bertz CT molecular complexity index is 668. The van der Waals surface area contributed by atoms with Crippen molar-refractivity contribution < 1.29 is 14.3 Å². The molecule has 2 aliphatic rings. The van der Waals surface area contributed by atoms with Gasteiger partial charge in [-0.15, -0.1) is 0 Å². The molecule has 162 valence electrons. The SMILES string of the molecule is CCCC(C)(C)OC(=O)N1CCCc2cc(OCCCN3CCCCC3)ccc21. The van der Waals surface area contributed by atoms with E-state index >= 15 is 0 Å². The van der Waals surface area contributed by atoms with E-state index in [1.807, 2.05) is 26.0 Å². The van der Waals surface area contributed by atoms with E-state index in [4.69, 9.17) is 9.47 Å². The Morgan fingerprint density at radius 2 is 1.90 bits per heavy atom. The van der Waals surface area contributed by atoms with Crippen LogP contribution in [0, 0.1) is 0 Å². The van der Waals surface area contributed by atoms with Crippen LogP contribution in [-0.2, 0) is 11.2 Å². The fraction of sp³-hybridized carbons (Fsp3) is 0.708. The minimum Gasteiger partial charge on any atom is -0.494 e. The summed E-state index contributed by atoms with van der Waals surface area (Å²) in [6, 6.07) is 6.11. The van der Waals surface area contributed by atoms with Crippen LogP contribution >= 0.6 is 0 Å². The molecule has 3 rings (SSSR count). The molecular weight excluding hydrogens is 364 g/mol. The zero-order valence-electron chi connectivity index (χ0n) is 18.5. The van der Waals surface area contributed by atoms with Gasteiger partial charge in [-0.25, -0.2) is 4.79 Å². The molecule has 0 bridgehead atoms. The topological polar surface area (TPSA) is 42.0 Å². The van der Waals surface area contributed by atoms with Crippen LogP contribution in [0.15, 0.2) is 18.2 Å². The number of hydrogen-bond acceptors (Lipinski definition) is 4. The number of benzene rings is 1. The quantitative estimate of drug-likeness (QED) is 0.545. The van der Waals surface area contributed by atoms with E-state index in [1.54, 1.807) is 4.90 Å². The summed E-state index contributed by atoms with van der Waals surface area (Å²) < 4.78 is 11.8. The van der Waals surface area contributed by atoms with Gasteiger partial charge < -0.3 is 14.4 Å². The number of fused-ring (bicyclic) bond motifs is 1. The summed E-state index contributed by atoms with van der Waals surface area (Å²) >= 11 is 0. The number of hydrogen-bond donors (Lipinski definition) is 0. The lowest BCUT2D eigenvalue weighted by atomic mass is 10.0. The molecule has 1 aromatic carbocycles. The maximum atomic E-state index is 12.8. The Morgan fingerprint density at radius 1 is 1.10 bits per heavy atom. The number of piperidine rings is 1. The predicted octanol–water partition coefficient (Wildman–Crippen LogP) is 5.41. The van der Waals surface area contributed by atoms with Crippen LogP contribution in [0.3, 0.4) is 0 Å². The summed E-state index contributed by atoms with van der Waals surface area (Å²) in [5.41, 5.74) is 1.71. The molecule has 1 aromatic rings. The van der Waals surface area contributed by atoms with Crippen molar-refractivity contribution >= 4 is 11.8 Å². The van der Waals surface area contributed by atoms with Gasteiger partial charge in [0.2, 0.25) is 0 Å². The van der Waals surface area contributed by atoms with Crippen molar-refractivity contribution in [3.8, 4) is 5.75 Å². The average molecular weight is 403 g/mol. The second-order valence-corrected chi connectivity index (χ2v) is 9.03. The van der Waals surface area contributed by atoms with Gasteiger partial charge in [-0.05, 0) is 89.2 Å². The van der Waals surface area contributed by atoms with Gasteiger partial charge in [-0.3, -0.25) is 4.90 Å². The molecule has 1 fully saturated rings. The first-order valence-electron chi connectivity index (χ1n) is 11.5. The van der Waals surface area contributed by atoms with Gasteiger partial charge in [0.15, 0.2) is 0 Å². The number of rotatable bonds is 8. The standard InChI is InChI=1S/C24H38N2O3/c1-4-13-24(2,3)29-23(27)26-17-8-10-20-19-21(11-12-22(20)26)28-18-9-16-25-14-6-5-7-15-25/h11-12,19H,4-10,13-18H2,1-3H3. The van der Waals surface area contributed by atoms with Crippen molar-refractivity contribution in [3.63, 3.8) is 0 Å². The summed E-state index contributed by atoms with van der Waals surface area (Å²) in [6.45, 7) is 11.1. The molecule has 2 heterocycles. The zero-order chi connectivity index (χ0) is 20.7. The molecule has 0 spiro atoms. The highest BCUT2D eigenvalue weighted by atomic mass is 16.6. The van der Waals surface area contributed by atoms with Gasteiger partial charge in [0.05, 0.1) is 12.3 Å². The van der Waals surface area contributed by atoms with Crippen LogP contribution in [-0.4, -0.2) is 49.4 Å². The number of carbonyl (C=O) groups excluding carboxylic acids is 1. The molecule has 0 atom stereocenters. The van der Waals surface area contributed by atoms with E-state index < -0.39 is 5.60 Å². The minimum absolute atomic E-state index is 0.236. The molecule has 0 radical (unpaired) electrons. The lowest BCUT2D eigenvalue weighted by Crippen LogP contribution is -2.40. The van der Waals surface area contributed by atoms with E-state index in [9.17, 15) is 4.79 Å². The maximum Gasteiger partial charge on any atom is 0.414 e. The van der Waals surface area contributed by atoms with Gasteiger partial charge in [0.25, 0.3) is 0 Å². The van der Waals surface area contributed by atoms with Gasteiger partial charge in [0, 0.05) is 13.1 Å². The summed E-state index contributed by atoms with van der Waals surface area (Å²) in [5, 5.41) is 0. The van der Waals surface area contributed by atoms with E-state index in [1.165, 1.54) is 37.9 Å². The van der Waals surface area contributed by atoms with E-state index in [-0.39, 0.29) is 6.09 Å². The Balaban J connectivity index is 1.53. The van der Waals surface area contributed by atoms with Gasteiger partial charge in [-0.1, -0.05) is 19.8 Å². The maximum absolute atomic E-state index is 12.8. The summed E-state index contributed by atoms with van der Waals surface area (Å²) in [4.78, 5) is 17.1. The number of nitrogens with zero attached hydrogens (tertiary/aromatic N) is 2. The van der Waals surface area contributed by atoms with Crippen LogP contribution in [0.4, 0.5) is 10.5 Å². The molecule has 1 amide bonds. The molecule has 0 saturated carbocycles. The van der Waals surface area contributed by atoms with Gasteiger partial charge in [0.1, 0.15) is 11.4 Å². The molecular formula is C24H38N2O3. The number of anilines is 1. The fourth-order valence-corrected chi connectivity index (χ4v) is 4.46. The molecule has 5 heteroatoms. The number of likely N-dealkylation sites (tertiary alicyclic amines) is 1. The molecule has 0 aliphatic carbocycles. The van der Waals surface area contributed by atoms with Crippen LogP contribution < -0.4 is 9.64 Å². The molecule has 29 heavy (non-hydrogen) atoms. The Labute approximate surface area is 176 Å². The highest BCUT2D eigenvalue weighted by Crippen LogP contribution is 2.32. The number of amides is 1. The Hall–Kier alpha value is -1.75. The van der Waals surface area contributed by atoms with Crippen LogP contribution in [0.1, 0.15) is 71.3 Å². The molecule has 0 N–H and O–H groups in total. The third-order valence-electron chi connectivity index (χ3n) is 5.94. The van der Waals surface area contributed by atoms with Crippen molar-refractivity contribution in [1.82, 2.24) is 4.90 Å². The van der Waals surface area contributed by atoms with Crippen molar-refractivity contribution in [1.29, 1.82) is 0 Å². The fourth-order valence-electron chi connectivity index (χ4n) is 4.46. The second kappa shape index (κ2) is 10.3. The first kappa shape index (κ1) is 21.9. The van der Waals surface area contributed by atoms with Crippen molar-refractivity contribution in [2.75, 3.05) is 37.7 Å². The van der Waals surface area contributed by atoms with Crippen LogP contribution in [0.5, 0.6) is 5.75 Å². The van der Waals surface area contributed by atoms with Crippen molar-refractivity contribution in [2.24, 2.45) is 0 Å². The predicted molar refractivity (Wildman–Crippen MR) is 118 cm³/mol. The lowest BCUT2D eigenvalue weighted by Gasteiger charge is -2.33. The molecule has 5 nitrogen and oxygen atoms in total. The molecule has 0 unspecified atom stereocenters. The minimum atomic E-state index is -0.430. The molecule has 0 aromatic heterocycles. The third kappa shape index (κ3) is 6.36. The van der Waals surface area contributed by atoms with Gasteiger partial charge in [-0.2, -0.15) is 0 Å². The van der Waals surface area contributed by atoms with Crippen molar-refractivity contribution in [2.45, 2.75) is 77.7 Å². The lowest BCUT2D eigenvalue weighted by molar-refractivity contribution is 0.0368. The first-order chi connectivity index (χ1) is 14.0. The zero-order valence-corrected chi connectivity index (χ0v) is 18.5.